The number of amides is 1. The van der Waals surface area contributed by atoms with Crippen LogP contribution in [0, 0.1) is 24.2 Å². The molecule has 4 saturated carbocycles. The highest BCUT2D eigenvalue weighted by atomic mass is 16.2. The molecule has 1 aliphatic heterocycles. The van der Waals surface area contributed by atoms with Gasteiger partial charge in [0.1, 0.15) is 5.82 Å². The summed E-state index contributed by atoms with van der Waals surface area (Å²) < 4.78 is 2.25. The second kappa shape index (κ2) is 7.18. The largest absolute Gasteiger partial charge is 0.348 e. The third-order valence-electron chi connectivity index (χ3n) is 8.80. The molecule has 1 amide bonds. The van der Waals surface area contributed by atoms with Gasteiger partial charge >= 0.3 is 0 Å². The van der Waals surface area contributed by atoms with Crippen LogP contribution < -0.4 is 5.32 Å². The fraction of sp³-hybridized carbons (Fsp3) is 0.654. The van der Waals surface area contributed by atoms with E-state index in [1.807, 2.05) is 0 Å². The Morgan fingerprint density at radius 2 is 1.84 bits per heavy atom. The standard InChI is InChI=1S/C26H34N4O/c1-18-6-8-21(9-7-18)25-12-19-11-20(13-25)15-26(14-19,17-25)24(31)27-16-23-29-28-22-5-3-2-4-10-30(22)23/h6-9,19-20H,2-5,10-17H2,1H3,(H,27,31). The topological polar surface area (TPSA) is 59.8 Å². The van der Waals surface area contributed by atoms with Crippen molar-refractivity contribution in [2.75, 3.05) is 0 Å². The molecule has 4 aliphatic carbocycles. The van der Waals surface area contributed by atoms with E-state index in [2.05, 4.69) is 51.3 Å². The first-order valence-electron chi connectivity index (χ1n) is 12.3. The number of nitrogens with one attached hydrogen (secondary N) is 1. The van der Waals surface area contributed by atoms with Gasteiger partial charge in [-0.1, -0.05) is 36.2 Å². The summed E-state index contributed by atoms with van der Waals surface area (Å²) in [6.07, 6.45) is 11.6. The molecule has 1 N–H and O–H groups in total. The number of nitrogens with zero attached hydrogens (tertiary/aromatic N) is 3. The summed E-state index contributed by atoms with van der Waals surface area (Å²) in [5, 5.41) is 12.2. The molecule has 4 fully saturated rings. The summed E-state index contributed by atoms with van der Waals surface area (Å²) in [5.74, 6) is 3.68. The fourth-order valence-corrected chi connectivity index (χ4v) is 7.80. The average molecular weight is 419 g/mol. The predicted molar refractivity (Wildman–Crippen MR) is 119 cm³/mol. The van der Waals surface area contributed by atoms with E-state index < -0.39 is 0 Å². The zero-order chi connectivity index (χ0) is 21.1. The molecule has 7 rings (SSSR count). The minimum Gasteiger partial charge on any atom is -0.348 e. The van der Waals surface area contributed by atoms with Crippen LogP contribution in [0.15, 0.2) is 24.3 Å². The minimum absolute atomic E-state index is 0.196. The van der Waals surface area contributed by atoms with E-state index in [9.17, 15) is 4.79 Å². The molecule has 31 heavy (non-hydrogen) atoms. The van der Waals surface area contributed by atoms with Crippen LogP contribution in [0.25, 0.3) is 0 Å². The zero-order valence-electron chi connectivity index (χ0n) is 18.7. The van der Waals surface area contributed by atoms with Crippen LogP contribution in [0.5, 0.6) is 0 Å². The van der Waals surface area contributed by atoms with Crippen LogP contribution in [-0.4, -0.2) is 20.7 Å². The molecule has 0 radical (unpaired) electrons. The molecule has 2 atom stereocenters. The molecule has 5 heteroatoms. The summed E-state index contributed by atoms with van der Waals surface area (Å²) in [5.41, 5.74) is 2.78. The zero-order valence-corrected chi connectivity index (χ0v) is 18.7. The van der Waals surface area contributed by atoms with Gasteiger partial charge in [0.15, 0.2) is 5.82 Å². The molecule has 5 aliphatic rings. The predicted octanol–water partition coefficient (Wildman–Crippen LogP) is 4.47. The molecule has 0 spiro atoms. The maximum atomic E-state index is 13.7. The van der Waals surface area contributed by atoms with Crippen LogP contribution in [-0.2, 0) is 29.7 Å². The number of aromatic nitrogens is 3. The third-order valence-corrected chi connectivity index (χ3v) is 8.80. The Labute approximate surface area is 185 Å². The van der Waals surface area contributed by atoms with Crippen molar-refractivity contribution in [2.45, 2.75) is 89.6 Å². The van der Waals surface area contributed by atoms with Gasteiger partial charge in [0, 0.05) is 13.0 Å². The van der Waals surface area contributed by atoms with Crippen molar-refractivity contribution >= 4 is 5.91 Å². The van der Waals surface area contributed by atoms with Crippen molar-refractivity contribution in [2.24, 2.45) is 17.3 Å². The van der Waals surface area contributed by atoms with Gasteiger partial charge in [-0.15, -0.1) is 10.2 Å². The molecular formula is C26H34N4O. The maximum Gasteiger partial charge on any atom is 0.226 e. The molecule has 164 valence electrons. The van der Waals surface area contributed by atoms with Crippen LogP contribution in [0.1, 0.15) is 80.6 Å². The van der Waals surface area contributed by atoms with Gasteiger partial charge < -0.3 is 9.88 Å². The Balaban J connectivity index is 1.23. The molecular weight excluding hydrogens is 384 g/mol. The molecule has 2 aromatic rings. The van der Waals surface area contributed by atoms with Crippen molar-refractivity contribution < 1.29 is 4.79 Å². The monoisotopic (exact) mass is 418 g/mol. The Kier molecular flexibility index (Phi) is 4.52. The first kappa shape index (κ1) is 19.5. The Bertz CT molecular complexity index is 977. The highest BCUT2D eigenvalue weighted by molar-refractivity contribution is 5.83. The van der Waals surface area contributed by atoms with Gasteiger partial charge in [0.2, 0.25) is 5.91 Å². The van der Waals surface area contributed by atoms with Gasteiger partial charge in [-0.25, -0.2) is 0 Å². The first-order valence-corrected chi connectivity index (χ1v) is 12.3. The lowest BCUT2D eigenvalue weighted by molar-refractivity contribution is -0.149. The second-order valence-electron chi connectivity index (χ2n) is 11.1. The fourth-order valence-electron chi connectivity index (χ4n) is 7.80. The summed E-state index contributed by atoms with van der Waals surface area (Å²) in [7, 11) is 0. The minimum atomic E-state index is -0.198. The van der Waals surface area contributed by atoms with Gasteiger partial charge in [-0.05, 0) is 81.1 Å². The highest BCUT2D eigenvalue weighted by Gasteiger charge is 2.60. The molecule has 2 heterocycles. The molecule has 1 aromatic heterocycles. The van der Waals surface area contributed by atoms with Crippen LogP contribution in [0.3, 0.4) is 0 Å². The quantitative estimate of drug-likeness (QED) is 0.797. The lowest BCUT2D eigenvalue weighted by atomic mass is 9.42. The number of benzene rings is 1. The van der Waals surface area contributed by atoms with Crippen LogP contribution >= 0.6 is 0 Å². The molecule has 4 bridgehead atoms. The number of fused-ring (bicyclic) bond motifs is 1. The summed E-state index contributed by atoms with van der Waals surface area (Å²) >= 11 is 0. The Morgan fingerprint density at radius 3 is 2.61 bits per heavy atom. The summed E-state index contributed by atoms with van der Waals surface area (Å²) in [4.78, 5) is 13.7. The van der Waals surface area contributed by atoms with Crippen molar-refractivity contribution in [3.63, 3.8) is 0 Å². The Morgan fingerprint density at radius 1 is 1.06 bits per heavy atom. The number of carbonyl (C=O) groups excluding carboxylic acids is 1. The number of hydrogen-bond donors (Lipinski definition) is 1. The number of carbonyl (C=O) groups is 1. The highest BCUT2D eigenvalue weighted by Crippen LogP contribution is 2.65. The number of aryl methyl sites for hydroxylation is 2. The van der Waals surface area contributed by atoms with Gasteiger partial charge in [0.25, 0.3) is 0 Å². The lowest BCUT2D eigenvalue weighted by Crippen LogP contribution is -2.59. The van der Waals surface area contributed by atoms with E-state index >= 15 is 0 Å². The summed E-state index contributed by atoms with van der Waals surface area (Å²) in [6.45, 7) is 3.66. The maximum absolute atomic E-state index is 13.7. The SMILES string of the molecule is Cc1ccc(C23CC4CC(CC(C(=O)NCc5nnc6n5CCCCC6)(C4)C2)C3)cc1. The normalized spacial score (nSPS) is 33.7. The van der Waals surface area contributed by atoms with Gasteiger partial charge in [0.05, 0.1) is 12.0 Å². The van der Waals surface area contributed by atoms with Gasteiger partial charge in [-0.3, -0.25) is 4.79 Å². The van der Waals surface area contributed by atoms with E-state index in [0.717, 1.165) is 43.9 Å². The smallest absolute Gasteiger partial charge is 0.226 e. The van der Waals surface area contributed by atoms with Crippen molar-refractivity contribution in [1.82, 2.24) is 20.1 Å². The van der Waals surface area contributed by atoms with Crippen LogP contribution in [0.2, 0.25) is 0 Å². The van der Waals surface area contributed by atoms with E-state index in [-0.39, 0.29) is 16.7 Å². The second-order valence-corrected chi connectivity index (χ2v) is 11.1. The van der Waals surface area contributed by atoms with E-state index in [0.29, 0.717) is 18.4 Å². The average Bonchev–Trinajstić information content (AvgIpc) is 2.97. The lowest BCUT2D eigenvalue weighted by Gasteiger charge is -2.61. The number of hydrogen-bond acceptors (Lipinski definition) is 3. The summed E-state index contributed by atoms with van der Waals surface area (Å²) in [6, 6.07) is 9.16. The first-order chi connectivity index (χ1) is 15.1. The van der Waals surface area contributed by atoms with Crippen LogP contribution in [0.4, 0.5) is 0 Å². The van der Waals surface area contributed by atoms with Crippen molar-refractivity contribution in [3.05, 3.63) is 47.0 Å². The molecule has 1 aromatic carbocycles. The number of rotatable bonds is 4. The van der Waals surface area contributed by atoms with Gasteiger partial charge in [-0.2, -0.15) is 0 Å². The van der Waals surface area contributed by atoms with E-state index in [1.165, 1.54) is 49.7 Å². The van der Waals surface area contributed by atoms with Crippen molar-refractivity contribution in [3.8, 4) is 0 Å². The molecule has 2 unspecified atom stereocenters. The third kappa shape index (κ3) is 3.23. The van der Waals surface area contributed by atoms with E-state index in [1.54, 1.807) is 0 Å². The van der Waals surface area contributed by atoms with Crippen molar-refractivity contribution in [1.29, 1.82) is 0 Å². The molecule has 5 nitrogen and oxygen atoms in total. The Hall–Kier alpha value is -2.17. The van der Waals surface area contributed by atoms with E-state index in [4.69, 9.17) is 0 Å². The molecule has 0 saturated heterocycles.